The molecule has 0 spiro atoms. The molecule has 0 N–H and O–H groups in total. The zero-order chi connectivity index (χ0) is 41.4. The van der Waals surface area contributed by atoms with Crippen LogP contribution in [0.2, 0.25) is 0 Å². The van der Waals surface area contributed by atoms with Crippen LogP contribution in [0.3, 0.4) is 0 Å². The maximum absolute atomic E-state index is 15.4. The van der Waals surface area contributed by atoms with Gasteiger partial charge in [0.1, 0.15) is 49.4 Å². The van der Waals surface area contributed by atoms with Gasteiger partial charge in [0, 0.05) is 77.4 Å². The summed E-state index contributed by atoms with van der Waals surface area (Å²) >= 11 is 0.173. The second kappa shape index (κ2) is 16.4. The van der Waals surface area contributed by atoms with Crippen LogP contribution in [0.1, 0.15) is 27.7 Å². The van der Waals surface area contributed by atoms with Crippen molar-refractivity contribution in [1.82, 2.24) is 9.48 Å². The molecule has 18 heteroatoms. The summed E-state index contributed by atoms with van der Waals surface area (Å²) in [5.41, 5.74) is 1.93. The molecule has 3 aromatic rings. The molecule has 3 aromatic carbocycles. The highest BCUT2D eigenvalue weighted by Crippen LogP contribution is 2.45. The van der Waals surface area contributed by atoms with Crippen molar-refractivity contribution in [3.05, 3.63) is 106 Å². The Morgan fingerprint density at radius 1 is 0.772 bits per heavy atom. The van der Waals surface area contributed by atoms with E-state index in [4.69, 9.17) is 4.42 Å². The van der Waals surface area contributed by atoms with Crippen LogP contribution in [0, 0.1) is 23.3 Å². The number of fused-ring (bicyclic) bond motifs is 2. The van der Waals surface area contributed by atoms with Crippen molar-refractivity contribution < 1.29 is 48.4 Å². The van der Waals surface area contributed by atoms with Crippen LogP contribution in [0.4, 0.5) is 23.2 Å². The van der Waals surface area contributed by atoms with Gasteiger partial charge in [-0.3, -0.25) is 14.5 Å². The number of thioether (sulfide) groups is 1. The van der Waals surface area contributed by atoms with E-state index in [0.717, 1.165) is 34.2 Å². The van der Waals surface area contributed by atoms with E-state index in [9.17, 15) is 26.4 Å². The van der Waals surface area contributed by atoms with E-state index < -0.39 is 82.1 Å². The van der Waals surface area contributed by atoms with Gasteiger partial charge in [-0.2, -0.15) is 0 Å². The first-order chi connectivity index (χ1) is 27.1. The average molecular weight is 845 g/mol. The van der Waals surface area contributed by atoms with E-state index >= 15 is 17.6 Å². The molecule has 57 heavy (non-hydrogen) atoms. The number of benzene rings is 4. The average Bonchev–Trinajstić information content (AvgIpc) is 3.50. The number of hydrogen-bond donors (Lipinski definition) is 0. The number of carbonyl (C=O) groups excluding carboxylic acids is 2. The summed E-state index contributed by atoms with van der Waals surface area (Å²) in [6, 6.07) is 16.0. The molecule has 1 aliphatic carbocycles. The zero-order valence-electron chi connectivity index (χ0n) is 31.1. The summed E-state index contributed by atoms with van der Waals surface area (Å²) < 4.78 is 128. The molecule has 11 nitrogen and oxygen atoms in total. The highest BCUT2D eigenvalue weighted by Gasteiger charge is 2.33. The highest BCUT2D eigenvalue weighted by atomic mass is 32.3. The number of carbonyl (C=O) groups is 2. The number of imide groups is 1. The molecule has 2 amide bonds. The van der Waals surface area contributed by atoms with Crippen LogP contribution in [0.15, 0.2) is 91.9 Å². The molecule has 0 radical (unpaired) electrons. The Morgan fingerprint density at radius 2 is 1.40 bits per heavy atom. The summed E-state index contributed by atoms with van der Waals surface area (Å²) in [5.74, 6) is -10.6. The Kier molecular flexibility index (Phi) is 12.0. The third kappa shape index (κ3) is 7.82. The van der Waals surface area contributed by atoms with E-state index in [1.807, 2.05) is 39.8 Å². The Morgan fingerprint density at radius 3 is 2.02 bits per heavy atom. The van der Waals surface area contributed by atoms with Crippen molar-refractivity contribution in [2.75, 3.05) is 43.4 Å². The minimum atomic E-state index is -6.00. The third-order valence-corrected chi connectivity index (χ3v) is 13.9. The van der Waals surface area contributed by atoms with Crippen LogP contribution in [-0.4, -0.2) is 72.0 Å². The molecular weight excluding hydrogens is 809 g/mol. The lowest BCUT2D eigenvalue weighted by Crippen LogP contribution is -2.32. The molecule has 6 rings (SSSR count). The summed E-state index contributed by atoms with van der Waals surface area (Å²) in [6.45, 7) is 10.3. The van der Waals surface area contributed by atoms with Crippen molar-refractivity contribution in [1.29, 1.82) is 0 Å². The summed E-state index contributed by atoms with van der Waals surface area (Å²) in [7, 11) is -11.4. The number of halogens is 4. The Hall–Kier alpha value is -5.04. The Labute approximate surface area is 330 Å². The van der Waals surface area contributed by atoms with Crippen molar-refractivity contribution >= 4 is 60.3 Å². The fraction of sp³-hybridized carbons (Fsp3) is 0.256. The van der Waals surface area contributed by atoms with Gasteiger partial charge in [0.25, 0.3) is 11.8 Å². The van der Waals surface area contributed by atoms with Gasteiger partial charge in [0.2, 0.25) is 5.36 Å². The van der Waals surface area contributed by atoms with Gasteiger partial charge in [-0.25, -0.2) is 39.0 Å². The molecule has 300 valence electrons. The minimum Gasteiger partial charge on any atom is -0.456 e. The van der Waals surface area contributed by atoms with Gasteiger partial charge in [-0.1, -0.05) is 18.2 Å². The second-order valence-electron chi connectivity index (χ2n) is 12.6. The summed E-state index contributed by atoms with van der Waals surface area (Å²) in [6.07, 6.45) is 1.93. The predicted molar refractivity (Wildman–Crippen MR) is 209 cm³/mol. The fourth-order valence-electron chi connectivity index (χ4n) is 6.67. The summed E-state index contributed by atoms with van der Waals surface area (Å²) in [5, 5.41) is 1.27. The number of nitrogens with zero attached hydrogens (tertiary/aromatic N) is 4. The molecule has 0 unspecified atom stereocenters. The lowest BCUT2D eigenvalue weighted by atomic mass is 9.93. The van der Waals surface area contributed by atoms with Crippen molar-refractivity contribution in [3.8, 4) is 22.5 Å². The number of sulfonamides is 2. The molecule has 0 fully saturated rings. The van der Waals surface area contributed by atoms with E-state index in [1.165, 1.54) is 18.2 Å². The minimum absolute atomic E-state index is 0.0383. The molecule has 0 atom stereocenters. The number of hydrogen-bond acceptors (Lipinski definition) is 9. The molecule has 0 aromatic heterocycles. The maximum atomic E-state index is 15.4. The molecule has 3 aliphatic rings. The van der Waals surface area contributed by atoms with Crippen LogP contribution in [0.25, 0.3) is 37.5 Å². The van der Waals surface area contributed by atoms with Gasteiger partial charge in [0.15, 0.2) is 23.3 Å². The number of anilines is 1. The Balaban J connectivity index is 1.45. The maximum Gasteiger partial charge on any atom is 0.253 e. The topological polar surface area (TPSA) is 139 Å². The monoisotopic (exact) mass is 844 g/mol. The quantitative estimate of drug-likeness (QED) is 0.0292. The summed E-state index contributed by atoms with van der Waals surface area (Å²) in [4.78, 5) is 22.1. The van der Waals surface area contributed by atoms with E-state index in [0.29, 0.717) is 54.0 Å². The number of amides is 2. The van der Waals surface area contributed by atoms with Crippen LogP contribution >= 0.6 is 11.8 Å². The smallest absolute Gasteiger partial charge is 0.253 e. The van der Waals surface area contributed by atoms with Gasteiger partial charge in [-0.15, -0.1) is 11.8 Å². The molecule has 2 aliphatic heterocycles. The van der Waals surface area contributed by atoms with Gasteiger partial charge >= 0.3 is 0 Å². The van der Waals surface area contributed by atoms with Crippen molar-refractivity contribution in [2.24, 2.45) is 0 Å². The molecule has 2 heterocycles. The lowest BCUT2D eigenvalue weighted by Gasteiger charge is -2.25. The first-order valence-electron chi connectivity index (χ1n) is 17.8. The van der Waals surface area contributed by atoms with Crippen LogP contribution in [0.5, 0.6) is 0 Å². The molecule has 0 saturated carbocycles. The van der Waals surface area contributed by atoms with Crippen LogP contribution in [-0.2, 0) is 29.6 Å². The lowest BCUT2D eigenvalue weighted by molar-refractivity contribution is -0.136. The van der Waals surface area contributed by atoms with Crippen molar-refractivity contribution in [3.63, 3.8) is 0 Å². The SMILES string of the molecule is CCN(CC)c1ccc2c(-c3ccccc3S(=O)(=O)[N-]S(=O)(=O)c3c(F)c(F)c(SCCN4C(=O)C=CC4=O)c(F)c3F)c3ccc(=[N+](CC)CC)cc-3oc2c1. The van der Waals surface area contributed by atoms with Crippen molar-refractivity contribution in [2.45, 2.75) is 42.4 Å². The van der Waals surface area contributed by atoms with Gasteiger partial charge < -0.3 is 13.4 Å². The molecule has 0 saturated heterocycles. The zero-order valence-corrected chi connectivity index (χ0v) is 33.5. The third-order valence-electron chi connectivity index (χ3n) is 9.48. The predicted octanol–water partition coefficient (Wildman–Crippen LogP) is 6.89. The largest absolute Gasteiger partial charge is 0.456 e. The normalized spacial score (nSPS) is 13.4. The van der Waals surface area contributed by atoms with Gasteiger partial charge in [-0.05, 0) is 52.0 Å². The first-order valence-corrected chi connectivity index (χ1v) is 21.6. The Bertz CT molecular complexity index is 2680. The van der Waals surface area contributed by atoms with E-state index in [2.05, 4.69) is 13.6 Å². The highest BCUT2D eigenvalue weighted by molar-refractivity contribution is 8.12. The van der Waals surface area contributed by atoms with Gasteiger partial charge in [0.05, 0.1) is 15.9 Å². The van der Waals surface area contributed by atoms with E-state index in [-0.39, 0.29) is 17.3 Å². The molecular formula is C39H36F4N4O7S3. The standard InChI is InChI=1S/C39H36F4N4O7S3/c1-5-45(6-2)23-13-15-25-28(21-23)54-29-22-24(46(7-3)8-4)14-16-26(29)33(25)27-11-9-10-12-30(27)56(50,51)44-57(52,53)39-36(42)34(40)38(35(41)37(39)43)55-20-19-47-31(48)17-18-32(47)49/h9-18,21-22H,5-8,19-20H2,1-4H3. The first kappa shape index (κ1) is 41.6. The van der Waals surface area contributed by atoms with Crippen LogP contribution < -0.4 is 14.8 Å². The van der Waals surface area contributed by atoms with E-state index in [1.54, 1.807) is 24.3 Å². The fourth-order valence-corrected chi connectivity index (χ4v) is 10.6. The number of rotatable bonds is 14. The second-order valence-corrected chi connectivity index (χ2v) is 17.1. The molecule has 0 bridgehead atoms.